The van der Waals surface area contributed by atoms with E-state index in [4.69, 9.17) is 11.5 Å². The first-order valence-corrected chi connectivity index (χ1v) is 4.49. The number of allylic oxidation sites excluding steroid dienone is 1. The second-order valence-corrected chi connectivity index (χ2v) is 3.02. The molecule has 0 radical (unpaired) electrons. The highest BCUT2D eigenvalue weighted by Crippen LogP contribution is 2.13. The maximum atomic E-state index is 10.6. The van der Waals surface area contributed by atoms with Crippen LogP contribution in [0.4, 0.5) is 0 Å². The van der Waals surface area contributed by atoms with E-state index in [1.165, 1.54) is 0 Å². The molecule has 0 saturated carbocycles. The second-order valence-electron chi connectivity index (χ2n) is 3.02. The molecule has 0 amide bonds. The summed E-state index contributed by atoms with van der Waals surface area (Å²) in [4.78, 5) is 10.6. The average molecular weight is 180 g/mol. The van der Waals surface area contributed by atoms with Crippen molar-refractivity contribution in [2.75, 3.05) is 0 Å². The monoisotopic (exact) mass is 180 g/mol. The van der Waals surface area contributed by atoms with Crippen LogP contribution in [0.25, 0.3) is 0 Å². The highest BCUT2D eigenvalue weighted by Gasteiger charge is 2.14. The van der Waals surface area contributed by atoms with Gasteiger partial charge in [-0.1, -0.05) is 12.5 Å². The number of carboxylic acid groups (broad SMARTS) is 1. The Morgan fingerprint density at radius 3 is 2.77 bits per heavy atom. The van der Waals surface area contributed by atoms with Crippen molar-refractivity contribution in [2.24, 2.45) is 5.92 Å². The van der Waals surface area contributed by atoms with Gasteiger partial charge in [0.15, 0.2) is 0 Å². The summed E-state index contributed by atoms with van der Waals surface area (Å²) >= 11 is 0. The lowest BCUT2D eigenvalue weighted by atomic mass is 9.98. The average Bonchev–Trinajstić information content (AvgIpc) is 2.10. The first-order chi connectivity index (χ1) is 6.22. The third-order valence-corrected chi connectivity index (χ3v) is 1.92. The zero-order chi connectivity index (χ0) is 10.1. The van der Waals surface area contributed by atoms with Gasteiger partial charge in [-0.2, -0.15) is 0 Å². The summed E-state index contributed by atoms with van der Waals surface area (Å²) in [7, 11) is 0. The normalized spacial score (nSPS) is 11.6. The lowest BCUT2D eigenvalue weighted by Gasteiger charge is -2.07. The number of carbonyl (C=O) groups is 1. The molecule has 1 unspecified atom stereocenters. The highest BCUT2D eigenvalue weighted by atomic mass is 16.4. The molecular weight excluding hydrogens is 164 g/mol. The van der Waals surface area contributed by atoms with Crippen LogP contribution in [0.5, 0.6) is 0 Å². The number of carboxylic acids is 1. The lowest BCUT2D eigenvalue weighted by molar-refractivity contribution is -0.141. The Labute approximate surface area is 79.7 Å². The van der Waals surface area contributed by atoms with Crippen molar-refractivity contribution in [1.82, 2.24) is 0 Å². The predicted octanol–water partition coefficient (Wildman–Crippen LogP) is 2.46. The Morgan fingerprint density at radius 1 is 1.62 bits per heavy atom. The van der Waals surface area contributed by atoms with Gasteiger partial charge < -0.3 is 5.11 Å². The largest absolute Gasteiger partial charge is 0.481 e. The van der Waals surface area contributed by atoms with Crippen molar-refractivity contribution in [2.45, 2.75) is 32.1 Å². The van der Waals surface area contributed by atoms with Crippen molar-refractivity contribution in [3.8, 4) is 12.3 Å². The molecule has 1 atom stereocenters. The van der Waals surface area contributed by atoms with E-state index in [1.807, 2.05) is 6.08 Å². The Bertz CT molecular complexity index is 201. The van der Waals surface area contributed by atoms with E-state index in [9.17, 15) is 4.79 Å². The molecule has 0 heterocycles. The summed E-state index contributed by atoms with van der Waals surface area (Å²) in [5.41, 5.74) is 0. The Balaban J connectivity index is 3.64. The predicted molar refractivity (Wildman–Crippen MR) is 53.2 cm³/mol. The van der Waals surface area contributed by atoms with Gasteiger partial charge >= 0.3 is 5.97 Å². The van der Waals surface area contributed by atoms with E-state index in [2.05, 4.69) is 12.5 Å². The fourth-order valence-electron chi connectivity index (χ4n) is 1.13. The topological polar surface area (TPSA) is 37.3 Å². The van der Waals surface area contributed by atoms with Crippen molar-refractivity contribution < 1.29 is 9.90 Å². The third kappa shape index (κ3) is 5.98. The van der Waals surface area contributed by atoms with Gasteiger partial charge in [-0.3, -0.25) is 4.79 Å². The van der Waals surface area contributed by atoms with Crippen LogP contribution in [0, 0.1) is 18.3 Å². The first kappa shape index (κ1) is 11.8. The van der Waals surface area contributed by atoms with Crippen LogP contribution in [-0.4, -0.2) is 11.1 Å². The van der Waals surface area contributed by atoms with Gasteiger partial charge in [0.05, 0.1) is 5.92 Å². The van der Waals surface area contributed by atoms with Gasteiger partial charge in [0.25, 0.3) is 0 Å². The van der Waals surface area contributed by atoms with Crippen molar-refractivity contribution in [3.63, 3.8) is 0 Å². The van der Waals surface area contributed by atoms with E-state index in [-0.39, 0.29) is 5.92 Å². The molecule has 0 aliphatic heterocycles. The molecule has 0 aromatic heterocycles. The van der Waals surface area contributed by atoms with Gasteiger partial charge in [0.1, 0.15) is 0 Å². The van der Waals surface area contributed by atoms with E-state index in [1.54, 1.807) is 0 Å². The van der Waals surface area contributed by atoms with Crippen LogP contribution < -0.4 is 0 Å². The fourth-order valence-corrected chi connectivity index (χ4v) is 1.13. The molecule has 0 rings (SSSR count). The molecule has 0 fully saturated rings. The van der Waals surface area contributed by atoms with Crippen LogP contribution in [0.3, 0.4) is 0 Å². The van der Waals surface area contributed by atoms with Crippen molar-refractivity contribution in [3.05, 3.63) is 12.7 Å². The molecule has 0 aromatic carbocycles. The summed E-state index contributed by atoms with van der Waals surface area (Å²) < 4.78 is 0. The minimum absolute atomic E-state index is 0.337. The molecule has 1 N–H and O–H groups in total. The van der Waals surface area contributed by atoms with Gasteiger partial charge in [-0.25, -0.2) is 0 Å². The van der Waals surface area contributed by atoms with Gasteiger partial charge in [-0.05, 0) is 19.3 Å². The zero-order valence-corrected chi connectivity index (χ0v) is 7.83. The highest BCUT2D eigenvalue weighted by molar-refractivity contribution is 5.70. The smallest absolute Gasteiger partial charge is 0.307 e. The van der Waals surface area contributed by atoms with Gasteiger partial charge in [-0.15, -0.1) is 18.9 Å². The SMILES string of the molecule is C#CCC(CCCCC=C)C(=O)O. The number of rotatable bonds is 7. The standard InChI is InChI=1S/C11H16O2/c1-3-5-6-7-9-10(8-4-2)11(12)13/h2-3,10H,1,5-9H2,(H,12,13). The molecule has 0 bridgehead atoms. The Morgan fingerprint density at radius 2 is 2.31 bits per heavy atom. The summed E-state index contributed by atoms with van der Waals surface area (Å²) in [6.07, 6.45) is 10.8. The summed E-state index contributed by atoms with van der Waals surface area (Å²) in [6.45, 7) is 3.60. The van der Waals surface area contributed by atoms with Gasteiger partial charge in [0, 0.05) is 6.42 Å². The number of unbranched alkanes of at least 4 members (excludes halogenated alkanes) is 2. The quantitative estimate of drug-likeness (QED) is 0.371. The molecule has 2 nitrogen and oxygen atoms in total. The Hall–Kier alpha value is -1.23. The molecule has 0 saturated heterocycles. The minimum Gasteiger partial charge on any atom is -0.481 e. The lowest BCUT2D eigenvalue weighted by Crippen LogP contribution is -2.12. The molecule has 0 spiro atoms. The molecule has 0 aliphatic rings. The number of hydrogen-bond donors (Lipinski definition) is 1. The molecule has 2 heteroatoms. The molecular formula is C11H16O2. The summed E-state index contributed by atoms with van der Waals surface area (Å²) in [5, 5.41) is 8.75. The first-order valence-electron chi connectivity index (χ1n) is 4.49. The number of hydrogen-bond acceptors (Lipinski definition) is 1. The van der Waals surface area contributed by atoms with E-state index in [0.717, 1.165) is 19.3 Å². The Kier molecular flexibility index (Phi) is 6.72. The molecule has 72 valence electrons. The maximum Gasteiger partial charge on any atom is 0.307 e. The summed E-state index contributed by atoms with van der Waals surface area (Å²) in [6, 6.07) is 0. The fraction of sp³-hybridized carbons (Fsp3) is 0.545. The van der Waals surface area contributed by atoms with Crippen LogP contribution in [-0.2, 0) is 4.79 Å². The van der Waals surface area contributed by atoms with Crippen molar-refractivity contribution in [1.29, 1.82) is 0 Å². The molecule has 0 aromatic rings. The van der Waals surface area contributed by atoms with Crippen LogP contribution in [0.1, 0.15) is 32.1 Å². The number of aliphatic carboxylic acids is 1. The molecule has 13 heavy (non-hydrogen) atoms. The van der Waals surface area contributed by atoms with E-state index >= 15 is 0 Å². The third-order valence-electron chi connectivity index (χ3n) is 1.92. The molecule has 0 aliphatic carbocycles. The van der Waals surface area contributed by atoms with Crippen LogP contribution >= 0.6 is 0 Å². The van der Waals surface area contributed by atoms with Crippen LogP contribution in [0.2, 0.25) is 0 Å². The summed E-state index contributed by atoms with van der Waals surface area (Å²) in [5.74, 6) is 1.24. The van der Waals surface area contributed by atoms with E-state index in [0.29, 0.717) is 12.8 Å². The van der Waals surface area contributed by atoms with E-state index < -0.39 is 5.97 Å². The number of terminal acetylenes is 1. The minimum atomic E-state index is -0.781. The maximum absolute atomic E-state index is 10.6. The van der Waals surface area contributed by atoms with Crippen molar-refractivity contribution >= 4 is 5.97 Å². The second kappa shape index (κ2) is 7.42. The zero-order valence-electron chi connectivity index (χ0n) is 7.83. The van der Waals surface area contributed by atoms with Gasteiger partial charge in [0.2, 0.25) is 0 Å². The van der Waals surface area contributed by atoms with Crippen LogP contribution in [0.15, 0.2) is 12.7 Å².